The molecule has 7 heteroatoms. The number of pyridine rings is 1. The Morgan fingerprint density at radius 3 is 2.96 bits per heavy atom. The number of furan rings is 1. The minimum absolute atomic E-state index is 0.130. The first kappa shape index (κ1) is 17.9. The van der Waals surface area contributed by atoms with E-state index in [1.807, 2.05) is 37.3 Å². The maximum absolute atomic E-state index is 12.4. The van der Waals surface area contributed by atoms with E-state index in [1.165, 1.54) is 0 Å². The standard InChI is InChI=1S/C19H22N4O3/c1-2-17-16(13-22-23(17)18-8-3-4-9-20-18)19(24)21-10-6-11-25-14-15-7-5-12-26-15/h3-5,7-9,12-13H,2,6,10-11,14H2,1H3,(H,21,24). The smallest absolute Gasteiger partial charge is 0.254 e. The van der Waals surface area contributed by atoms with Gasteiger partial charge in [0.1, 0.15) is 12.4 Å². The summed E-state index contributed by atoms with van der Waals surface area (Å²) in [7, 11) is 0. The van der Waals surface area contributed by atoms with E-state index in [0.717, 1.165) is 17.9 Å². The van der Waals surface area contributed by atoms with Gasteiger partial charge in [0.2, 0.25) is 0 Å². The molecule has 0 bridgehead atoms. The second-order valence-corrected chi connectivity index (χ2v) is 5.70. The molecule has 0 fully saturated rings. The Balaban J connectivity index is 1.49. The number of nitrogens with one attached hydrogen (secondary N) is 1. The highest BCUT2D eigenvalue weighted by Crippen LogP contribution is 2.14. The van der Waals surface area contributed by atoms with E-state index in [4.69, 9.17) is 9.15 Å². The fourth-order valence-electron chi connectivity index (χ4n) is 2.62. The summed E-state index contributed by atoms with van der Waals surface area (Å²) in [5, 5.41) is 7.24. The molecule has 0 aliphatic carbocycles. The topological polar surface area (TPSA) is 82.2 Å². The number of nitrogens with zero attached hydrogens (tertiary/aromatic N) is 3. The Bertz CT molecular complexity index is 813. The molecule has 3 heterocycles. The van der Waals surface area contributed by atoms with Crippen LogP contribution < -0.4 is 5.32 Å². The molecule has 3 aromatic rings. The molecule has 0 aliphatic rings. The zero-order valence-electron chi connectivity index (χ0n) is 14.7. The van der Waals surface area contributed by atoms with Crippen LogP contribution in [0.15, 0.2) is 53.4 Å². The number of carbonyl (C=O) groups excluding carboxylic acids is 1. The molecule has 7 nitrogen and oxygen atoms in total. The van der Waals surface area contributed by atoms with Crippen LogP contribution in [0, 0.1) is 0 Å². The van der Waals surface area contributed by atoms with E-state index in [-0.39, 0.29) is 5.91 Å². The van der Waals surface area contributed by atoms with Crippen molar-refractivity contribution in [1.82, 2.24) is 20.1 Å². The molecule has 0 radical (unpaired) electrons. The van der Waals surface area contributed by atoms with Crippen molar-refractivity contribution >= 4 is 5.91 Å². The molecule has 1 N–H and O–H groups in total. The summed E-state index contributed by atoms with van der Waals surface area (Å²) in [5.41, 5.74) is 1.42. The zero-order chi connectivity index (χ0) is 18.2. The molecule has 0 aromatic carbocycles. The number of rotatable bonds is 9. The van der Waals surface area contributed by atoms with Crippen molar-refractivity contribution in [1.29, 1.82) is 0 Å². The summed E-state index contributed by atoms with van der Waals surface area (Å²) < 4.78 is 12.4. The van der Waals surface area contributed by atoms with Crippen molar-refractivity contribution in [3.8, 4) is 5.82 Å². The van der Waals surface area contributed by atoms with Gasteiger partial charge in [0.15, 0.2) is 5.82 Å². The van der Waals surface area contributed by atoms with Crippen LogP contribution in [-0.4, -0.2) is 33.8 Å². The molecular weight excluding hydrogens is 332 g/mol. The molecule has 0 unspecified atom stereocenters. The number of aromatic nitrogens is 3. The zero-order valence-corrected chi connectivity index (χ0v) is 14.7. The predicted octanol–water partition coefficient (Wildman–Crippen LogP) is 2.76. The van der Waals surface area contributed by atoms with Gasteiger partial charge < -0.3 is 14.5 Å². The Kier molecular flexibility index (Phi) is 6.16. The number of hydrogen-bond donors (Lipinski definition) is 1. The molecule has 0 atom stereocenters. The normalized spacial score (nSPS) is 10.8. The van der Waals surface area contributed by atoms with E-state index in [1.54, 1.807) is 23.3 Å². The van der Waals surface area contributed by atoms with E-state index >= 15 is 0 Å². The first-order valence-corrected chi connectivity index (χ1v) is 8.66. The third-order valence-corrected chi connectivity index (χ3v) is 3.89. The van der Waals surface area contributed by atoms with Crippen LogP contribution in [0.3, 0.4) is 0 Å². The lowest BCUT2D eigenvalue weighted by atomic mass is 10.2. The van der Waals surface area contributed by atoms with Gasteiger partial charge >= 0.3 is 0 Å². The van der Waals surface area contributed by atoms with Crippen LogP contribution >= 0.6 is 0 Å². The van der Waals surface area contributed by atoms with Crippen LogP contribution in [0.2, 0.25) is 0 Å². The average Bonchev–Trinajstić information content (AvgIpc) is 3.34. The number of carbonyl (C=O) groups is 1. The number of amides is 1. The molecule has 0 saturated carbocycles. The molecule has 0 saturated heterocycles. The number of ether oxygens (including phenoxy) is 1. The quantitative estimate of drug-likeness (QED) is 0.598. The van der Waals surface area contributed by atoms with Crippen molar-refractivity contribution in [2.45, 2.75) is 26.4 Å². The van der Waals surface area contributed by atoms with Gasteiger partial charge in [-0.2, -0.15) is 5.10 Å². The largest absolute Gasteiger partial charge is 0.467 e. The Morgan fingerprint density at radius 2 is 2.23 bits per heavy atom. The summed E-state index contributed by atoms with van der Waals surface area (Å²) in [6.07, 6.45) is 6.33. The monoisotopic (exact) mass is 354 g/mol. The van der Waals surface area contributed by atoms with Crippen LogP contribution in [0.4, 0.5) is 0 Å². The second-order valence-electron chi connectivity index (χ2n) is 5.70. The average molecular weight is 354 g/mol. The van der Waals surface area contributed by atoms with Gasteiger partial charge in [0.05, 0.1) is 23.7 Å². The Labute approximate surface area is 152 Å². The maximum Gasteiger partial charge on any atom is 0.254 e. The van der Waals surface area contributed by atoms with Gasteiger partial charge in [-0.25, -0.2) is 9.67 Å². The maximum atomic E-state index is 12.4. The number of hydrogen-bond acceptors (Lipinski definition) is 5. The fourth-order valence-corrected chi connectivity index (χ4v) is 2.62. The van der Waals surface area contributed by atoms with Gasteiger partial charge in [0, 0.05) is 19.3 Å². The molecule has 1 amide bonds. The SMILES string of the molecule is CCc1c(C(=O)NCCCOCc2ccco2)cnn1-c1ccccn1. The van der Waals surface area contributed by atoms with Gasteiger partial charge in [0.25, 0.3) is 5.91 Å². The first-order chi connectivity index (χ1) is 12.8. The van der Waals surface area contributed by atoms with E-state index < -0.39 is 0 Å². The summed E-state index contributed by atoms with van der Waals surface area (Å²) in [4.78, 5) is 16.7. The lowest BCUT2D eigenvalue weighted by molar-refractivity contribution is 0.0916. The minimum atomic E-state index is -0.130. The summed E-state index contributed by atoms with van der Waals surface area (Å²) >= 11 is 0. The highest BCUT2D eigenvalue weighted by atomic mass is 16.5. The second kappa shape index (κ2) is 8.96. The van der Waals surface area contributed by atoms with E-state index in [9.17, 15) is 4.79 Å². The Morgan fingerprint density at radius 1 is 1.31 bits per heavy atom. The predicted molar refractivity (Wildman–Crippen MR) is 96.1 cm³/mol. The molecule has 0 spiro atoms. The van der Waals surface area contributed by atoms with Crippen molar-refractivity contribution < 1.29 is 13.9 Å². The fraction of sp³-hybridized carbons (Fsp3) is 0.316. The van der Waals surface area contributed by atoms with Gasteiger partial charge in [-0.05, 0) is 37.1 Å². The van der Waals surface area contributed by atoms with Crippen molar-refractivity contribution in [2.75, 3.05) is 13.2 Å². The van der Waals surface area contributed by atoms with Crippen LogP contribution in [0.25, 0.3) is 5.82 Å². The molecule has 26 heavy (non-hydrogen) atoms. The van der Waals surface area contributed by atoms with Gasteiger partial charge in [-0.1, -0.05) is 13.0 Å². The van der Waals surface area contributed by atoms with Crippen molar-refractivity contribution in [3.63, 3.8) is 0 Å². The molecule has 3 rings (SSSR count). The summed E-state index contributed by atoms with van der Waals surface area (Å²) in [5.74, 6) is 1.37. The third-order valence-electron chi connectivity index (χ3n) is 3.89. The first-order valence-electron chi connectivity index (χ1n) is 8.66. The lowest BCUT2D eigenvalue weighted by Gasteiger charge is -2.08. The highest BCUT2D eigenvalue weighted by Gasteiger charge is 2.17. The van der Waals surface area contributed by atoms with Crippen LogP contribution in [-0.2, 0) is 17.8 Å². The minimum Gasteiger partial charge on any atom is -0.467 e. The molecular formula is C19H22N4O3. The highest BCUT2D eigenvalue weighted by molar-refractivity contribution is 5.95. The summed E-state index contributed by atoms with van der Waals surface area (Å²) in [6, 6.07) is 9.30. The van der Waals surface area contributed by atoms with Gasteiger partial charge in [-0.15, -0.1) is 0 Å². The molecule has 0 aliphatic heterocycles. The molecule has 3 aromatic heterocycles. The molecule has 136 valence electrons. The van der Waals surface area contributed by atoms with Crippen molar-refractivity contribution in [3.05, 3.63) is 66.0 Å². The Hall–Kier alpha value is -2.93. The van der Waals surface area contributed by atoms with E-state index in [0.29, 0.717) is 37.6 Å². The van der Waals surface area contributed by atoms with E-state index in [2.05, 4.69) is 15.4 Å². The summed E-state index contributed by atoms with van der Waals surface area (Å²) in [6.45, 7) is 3.53. The van der Waals surface area contributed by atoms with Crippen LogP contribution in [0.1, 0.15) is 35.2 Å². The third kappa shape index (κ3) is 4.37. The van der Waals surface area contributed by atoms with Crippen LogP contribution in [0.5, 0.6) is 0 Å². The van der Waals surface area contributed by atoms with Crippen molar-refractivity contribution in [2.24, 2.45) is 0 Å². The van der Waals surface area contributed by atoms with Gasteiger partial charge in [-0.3, -0.25) is 4.79 Å². The lowest BCUT2D eigenvalue weighted by Crippen LogP contribution is -2.26.